The Bertz CT molecular complexity index is 573. The van der Waals surface area contributed by atoms with Crippen LogP contribution in [-0.2, 0) is 14.6 Å². The van der Waals surface area contributed by atoms with E-state index in [2.05, 4.69) is 33.9 Å². The van der Waals surface area contributed by atoms with Crippen molar-refractivity contribution in [3.05, 3.63) is 33.8 Å². The first kappa shape index (κ1) is 18.0. The molecule has 0 unspecified atom stereocenters. The number of halogens is 2. The lowest BCUT2D eigenvalue weighted by atomic mass is 9.64. The molecule has 0 heterocycles. The van der Waals surface area contributed by atoms with Crippen molar-refractivity contribution in [3.63, 3.8) is 0 Å². The Morgan fingerprint density at radius 2 is 1.82 bits per heavy atom. The van der Waals surface area contributed by atoms with Gasteiger partial charge in [-0.3, -0.25) is 0 Å². The fourth-order valence-corrected chi connectivity index (χ4v) is 4.29. The van der Waals surface area contributed by atoms with Gasteiger partial charge in [-0.2, -0.15) is 0 Å². The summed E-state index contributed by atoms with van der Waals surface area (Å²) in [5.41, 5.74) is 0.466. The van der Waals surface area contributed by atoms with E-state index in [0.717, 1.165) is 24.7 Å². The average molecular weight is 359 g/mol. The molecule has 1 aliphatic rings. The fourth-order valence-electron chi connectivity index (χ4n) is 2.64. The van der Waals surface area contributed by atoms with Crippen molar-refractivity contribution in [2.75, 3.05) is 0 Å². The smallest absolute Gasteiger partial charge is 0.192 e. The number of benzene rings is 1. The van der Waals surface area contributed by atoms with Gasteiger partial charge in [-0.05, 0) is 48.7 Å². The van der Waals surface area contributed by atoms with Crippen LogP contribution in [0.5, 0.6) is 0 Å². The Hall–Kier alpha value is -0.353. The van der Waals surface area contributed by atoms with E-state index < -0.39 is 13.7 Å². The monoisotopic (exact) mass is 358 g/mol. The molecule has 22 heavy (non-hydrogen) atoms. The standard InChI is InChI=1S/C17H24Cl2O2Si/c1-16(2,3)22(4,5)21-13-9-17(10-13,11-20)12-6-7-14(18)15(19)8-12/h6-8,11,13H,9-10H2,1-5H3. The molecule has 0 N–H and O–H groups in total. The summed E-state index contributed by atoms with van der Waals surface area (Å²) < 4.78 is 6.39. The third-order valence-corrected chi connectivity index (χ3v) is 10.4. The Morgan fingerprint density at radius 3 is 2.27 bits per heavy atom. The van der Waals surface area contributed by atoms with E-state index in [1.807, 2.05) is 6.07 Å². The molecule has 1 fully saturated rings. The molecule has 1 saturated carbocycles. The van der Waals surface area contributed by atoms with Crippen LogP contribution >= 0.6 is 23.2 Å². The molecule has 0 amide bonds. The highest BCUT2D eigenvalue weighted by molar-refractivity contribution is 6.74. The molecule has 0 radical (unpaired) electrons. The maximum absolute atomic E-state index is 11.7. The van der Waals surface area contributed by atoms with E-state index in [1.54, 1.807) is 12.1 Å². The third-order valence-electron chi connectivity index (χ3n) is 5.17. The molecule has 1 aromatic rings. The predicted molar refractivity (Wildman–Crippen MR) is 95.5 cm³/mol. The fraction of sp³-hybridized carbons (Fsp3) is 0.588. The molecule has 0 bridgehead atoms. The quantitative estimate of drug-likeness (QED) is 0.516. The molecule has 1 aromatic carbocycles. The lowest BCUT2D eigenvalue weighted by molar-refractivity contribution is -0.119. The number of aldehydes is 1. The van der Waals surface area contributed by atoms with Crippen LogP contribution in [0, 0.1) is 0 Å². The highest BCUT2D eigenvalue weighted by Crippen LogP contribution is 2.48. The van der Waals surface area contributed by atoms with Gasteiger partial charge >= 0.3 is 0 Å². The molecule has 122 valence electrons. The first-order valence-corrected chi connectivity index (χ1v) is 11.3. The van der Waals surface area contributed by atoms with Gasteiger partial charge in [0.05, 0.1) is 15.5 Å². The van der Waals surface area contributed by atoms with Crippen LogP contribution in [0.2, 0.25) is 28.2 Å². The van der Waals surface area contributed by atoms with Gasteiger partial charge in [0.25, 0.3) is 0 Å². The van der Waals surface area contributed by atoms with Crippen molar-refractivity contribution in [2.24, 2.45) is 0 Å². The molecule has 2 rings (SSSR count). The Morgan fingerprint density at radius 1 is 1.23 bits per heavy atom. The number of carbonyl (C=O) groups is 1. The minimum atomic E-state index is -1.80. The zero-order chi connectivity index (χ0) is 16.8. The molecule has 0 saturated heterocycles. The zero-order valence-electron chi connectivity index (χ0n) is 13.9. The average Bonchev–Trinajstić information content (AvgIpc) is 2.35. The van der Waals surface area contributed by atoms with Crippen molar-refractivity contribution in [1.82, 2.24) is 0 Å². The topological polar surface area (TPSA) is 26.3 Å². The van der Waals surface area contributed by atoms with Crippen molar-refractivity contribution < 1.29 is 9.22 Å². The minimum Gasteiger partial charge on any atom is -0.414 e. The summed E-state index contributed by atoms with van der Waals surface area (Å²) in [5.74, 6) is 0. The van der Waals surface area contributed by atoms with E-state index in [9.17, 15) is 4.79 Å². The lowest BCUT2D eigenvalue weighted by Gasteiger charge is -2.49. The second kappa shape index (κ2) is 5.93. The van der Waals surface area contributed by atoms with Crippen LogP contribution in [0.25, 0.3) is 0 Å². The summed E-state index contributed by atoms with van der Waals surface area (Å²) in [6, 6.07) is 5.46. The lowest BCUT2D eigenvalue weighted by Crippen LogP contribution is -2.53. The highest BCUT2D eigenvalue weighted by Gasteiger charge is 2.50. The van der Waals surface area contributed by atoms with Crippen molar-refractivity contribution in [3.8, 4) is 0 Å². The largest absolute Gasteiger partial charge is 0.414 e. The summed E-state index contributed by atoms with van der Waals surface area (Å²) >= 11 is 12.1. The first-order chi connectivity index (χ1) is 10.0. The van der Waals surface area contributed by atoms with Gasteiger partial charge in [0.2, 0.25) is 0 Å². The van der Waals surface area contributed by atoms with Gasteiger partial charge in [-0.15, -0.1) is 0 Å². The number of hydrogen-bond donors (Lipinski definition) is 0. The maximum Gasteiger partial charge on any atom is 0.192 e. The van der Waals surface area contributed by atoms with Gasteiger partial charge in [0, 0.05) is 6.10 Å². The van der Waals surface area contributed by atoms with E-state index in [4.69, 9.17) is 27.6 Å². The molecule has 0 aliphatic heterocycles. The summed E-state index contributed by atoms with van der Waals surface area (Å²) in [5, 5.41) is 1.18. The summed E-state index contributed by atoms with van der Waals surface area (Å²) in [6.07, 6.45) is 2.64. The van der Waals surface area contributed by atoms with Crippen LogP contribution in [0.4, 0.5) is 0 Å². The van der Waals surface area contributed by atoms with Gasteiger partial charge < -0.3 is 9.22 Å². The number of carbonyl (C=O) groups excluding carboxylic acids is 1. The van der Waals surface area contributed by atoms with Crippen LogP contribution < -0.4 is 0 Å². The molecule has 1 aliphatic carbocycles. The molecule has 5 heteroatoms. The second-order valence-electron chi connectivity index (χ2n) is 7.81. The highest BCUT2D eigenvalue weighted by atomic mass is 35.5. The van der Waals surface area contributed by atoms with E-state index in [0.29, 0.717) is 10.0 Å². The zero-order valence-corrected chi connectivity index (χ0v) is 16.4. The van der Waals surface area contributed by atoms with Crippen molar-refractivity contribution in [2.45, 2.75) is 63.3 Å². The Kier molecular flexibility index (Phi) is 4.85. The number of rotatable bonds is 4. The molecular formula is C17H24Cl2O2Si. The summed E-state index contributed by atoms with van der Waals surface area (Å²) in [4.78, 5) is 11.7. The molecule has 0 atom stereocenters. The minimum absolute atomic E-state index is 0.153. The van der Waals surface area contributed by atoms with Gasteiger partial charge in [0.15, 0.2) is 8.32 Å². The van der Waals surface area contributed by atoms with Gasteiger partial charge in [0.1, 0.15) is 6.29 Å². The second-order valence-corrected chi connectivity index (χ2v) is 13.4. The Labute approximate surface area is 144 Å². The molecular weight excluding hydrogens is 335 g/mol. The van der Waals surface area contributed by atoms with Crippen molar-refractivity contribution in [1.29, 1.82) is 0 Å². The molecule has 0 aromatic heterocycles. The summed E-state index contributed by atoms with van der Waals surface area (Å²) in [6.45, 7) is 11.2. The first-order valence-electron chi connectivity index (χ1n) is 7.60. The number of hydrogen-bond acceptors (Lipinski definition) is 2. The van der Waals surface area contributed by atoms with E-state index in [-0.39, 0.29) is 11.1 Å². The molecule has 2 nitrogen and oxygen atoms in total. The van der Waals surface area contributed by atoms with Crippen LogP contribution in [0.15, 0.2) is 18.2 Å². The maximum atomic E-state index is 11.7. The van der Waals surface area contributed by atoms with Gasteiger partial charge in [-0.25, -0.2) is 0 Å². The van der Waals surface area contributed by atoms with Crippen molar-refractivity contribution >= 4 is 37.8 Å². The predicted octanol–water partition coefficient (Wildman–Crippen LogP) is 5.61. The SMILES string of the molecule is CC(C)(C)[Si](C)(C)OC1CC(C=O)(c2ccc(Cl)c(Cl)c2)C1. The van der Waals surface area contributed by atoms with Crippen LogP contribution in [0.1, 0.15) is 39.2 Å². The van der Waals surface area contributed by atoms with Crippen LogP contribution in [-0.4, -0.2) is 20.7 Å². The Balaban J connectivity index is 2.12. The van der Waals surface area contributed by atoms with Gasteiger partial charge in [-0.1, -0.05) is 50.0 Å². The van der Waals surface area contributed by atoms with E-state index >= 15 is 0 Å². The van der Waals surface area contributed by atoms with E-state index in [1.165, 1.54) is 0 Å². The summed E-state index contributed by atoms with van der Waals surface area (Å²) in [7, 11) is -1.80. The molecule has 0 spiro atoms. The van der Waals surface area contributed by atoms with Crippen LogP contribution in [0.3, 0.4) is 0 Å². The third kappa shape index (κ3) is 3.28. The normalized spacial score (nSPS) is 25.7.